The van der Waals surface area contributed by atoms with Gasteiger partial charge in [0.25, 0.3) is 0 Å². The highest BCUT2D eigenvalue weighted by molar-refractivity contribution is 7.15. The van der Waals surface area contributed by atoms with Crippen LogP contribution < -0.4 is 10.1 Å². The van der Waals surface area contributed by atoms with Gasteiger partial charge in [-0.05, 0) is 24.7 Å². The number of aromatic nitrogens is 1. The highest BCUT2D eigenvalue weighted by atomic mass is 35.5. The SMILES string of the molecule is CNCc1ccc(OCc2cnc(Cl)s2)cc1. The van der Waals surface area contributed by atoms with Crippen molar-refractivity contribution in [2.45, 2.75) is 13.2 Å². The second kappa shape index (κ2) is 6.00. The van der Waals surface area contributed by atoms with Crippen LogP contribution in [0.5, 0.6) is 5.75 Å². The molecule has 0 bridgehead atoms. The van der Waals surface area contributed by atoms with Crippen molar-refractivity contribution >= 4 is 22.9 Å². The van der Waals surface area contributed by atoms with Crippen molar-refractivity contribution in [2.24, 2.45) is 0 Å². The van der Waals surface area contributed by atoms with E-state index in [2.05, 4.69) is 10.3 Å². The van der Waals surface area contributed by atoms with E-state index in [1.54, 1.807) is 6.20 Å². The lowest BCUT2D eigenvalue weighted by Gasteiger charge is -2.05. The molecule has 17 heavy (non-hydrogen) atoms. The van der Waals surface area contributed by atoms with E-state index in [4.69, 9.17) is 16.3 Å². The number of benzene rings is 1. The lowest BCUT2D eigenvalue weighted by atomic mass is 10.2. The minimum absolute atomic E-state index is 0.510. The molecular weight excluding hydrogens is 256 g/mol. The zero-order valence-corrected chi connectivity index (χ0v) is 11.0. The van der Waals surface area contributed by atoms with Gasteiger partial charge in [-0.2, -0.15) is 0 Å². The first-order valence-corrected chi connectivity index (χ1v) is 6.44. The Morgan fingerprint density at radius 2 is 2.12 bits per heavy atom. The molecule has 1 aromatic heterocycles. The topological polar surface area (TPSA) is 34.1 Å². The van der Waals surface area contributed by atoms with Crippen LogP contribution in [0.25, 0.3) is 0 Å². The smallest absolute Gasteiger partial charge is 0.183 e. The molecule has 0 aliphatic heterocycles. The molecule has 1 heterocycles. The summed E-state index contributed by atoms with van der Waals surface area (Å²) in [6.45, 7) is 1.38. The predicted octanol–water partition coefficient (Wildman–Crippen LogP) is 3.09. The molecule has 0 aliphatic carbocycles. The Kier molecular flexibility index (Phi) is 4.36. The van der Waals surface area contributed by atoms with Crippen molar-refractivity contribution in [1.82, 2.24) is 10.3 Å². The number of thiazole rings is 1. The van der Waals surface area contributed by atoms with E-state index in [-0.39, 0.29) is 0 Å². The summed E-state index contributed by atoms with van der Waals surface area (Å²) in [4.78, 5) is 4.99. The van der Waals surface area contributed by atoms with Crippen LogP contribution in [0.3, 0.4) is 0 Å². The summed E-state index contributed by atoms with van der Waals surface area (Å²) in [6, 6.07) is 8.03. The zero-order chi connectivity index (χ0) is 12.1. The fourth-order valence-corrected chi connectivity index (χ4v) is 2.30. The molecule has 2 rings (SSSR count). The fourth-order valence-electron chi connectivity index (χ4n) is 1.41. The number of nitrogens with one attached hydrogen (secondary N) is 1. The van der Waals surface area contributed by atoms with Crippen LogP contribution in [0.2, 0.25) is 4.47 Å². The van der Waals surface area contributed by atoms with Gasteiger partial charge in [0.1, 0.15) is 12.4 Å². The Bertz CT molecular complexity index is 470. The molecule has 1 N–H and O–H groups in total. The van der Waals surface area contributed by atoms with Crippen LogP contribution in [-0.4, -0.2) is 12.0 Å². The summed E-state index contributed by atoms with van der Waals surface area (Å²) in [5.41, 5.74) is 1.24. The third-order valence-corrected chi connectivity index (χ3v) is 3.30. The van der Waals surface area contributed by atoms with E-state index >= 15 is 0 Å². The summed E-state index contributed by atoms with van der Waals surface area (Å²) >= 11 is 7.18. The molecule has 90 valence electrons. The standard InChI is InChI=1S/C12H13ClN2OS/c1-14-6-9-2-4-10(5-3-9)16-8-11-7-15-12(13)17-11/h2-5,7,14H,6,8H2,1H3. The molecule has 1 aromatic carbocycles. The van der Waals surface area contributed by atoms with Gasteiger partial charge in [-0.3, -0.25) is 0 Å². The highest BCUT2D eigenvalue weighted by Gasteiger charge is 2.00. The Balaban J connectivity index is 1.90. The molecule has 2 aromatic rings. The second-order valence-electron chi connectivity index (χ2n) is 3.54. The molecule has 0 atom stereocenters. The minimum Gasteiger partial charge on any atom is -0.488 e. The van der Waals surface area contributed by atoms with E-state index in [0.717, 1.165) is 17.2 Å². The van der Waals surface area contributed by atoms with Gasteiger partial charge in [0, 0.05) is 12.7 Å². The lowest BCUT2D eigenvalue weighted by Crippen LogP contribution is -2.04. The Morgan fingerprint density at radius 3 is 2.71 bits per heavy atom. The van der Waals surface area contributed by atoms with Crippen LogP contribution in [0, 0.1) is 0 Å². The maximum absolute atomic E-state index is 5.74. The number of rotatable bonds is 5. The van der Waals surface area contributed by atoms with Gasteiger partial charge >= 0.3 is 0 Å². The number of ether oxygens (including phenoxy) is 1. The Morgan fingerprint density at radius 1 is 1.35 bits per heavy atom. The first-order chi connectivity index (χ1) is 8.28. The van der Waals surface area contributed by atoms with Crippen molar-refractivity contribution in [2.75, 3.05) is 7.05 Å². The number of halogens is 1. The third kappa shape index (κ3) is 3.70. The predicted molar refractivity (Wildman–Crippen MR) is 70.7 cm³/mol. The maximum atomic E-state index is 5.74. The highest BCUT2D eigenvalue weighted by Crippen LogP contribution is 2.20. The van der Waals surface area contributed by atoms with Crippen molar-refractivity contribution in [1.29, 1.82) is 0 Å². The largest absolute Gasteiger partial charge is 0.488 e. The van der Waals surface area contributed by atoms with Crippen molar-refractivity contribution < 1.29 is 4.74 Å². The number of hydrogen-bond acceptors (Lipinski definition) is 4. The van der Waals surface area contributed by atoms with Crippen LogP contribution in [0.4, 0.5) is 0 Å². The second-order valence-corrected chi connectivity index (χ2v) is 5.24. The normalized spacial score (nSPS) is 10.5. The molecule has 0 saturated carbocycles. The van der Waals surface area contributed by atoms with Gasteiger partial charge in [-0.25, -0.2) is 4.98 Å². The molecule has 0 saturated heterocycles. The van der Waals surface area contributed by atoms with E-state index in [1.807, 2.05) is 31.3 Å². The molecule has 3 nitrogen and oxygen atoms in total. The molecule has 5 heteroatoms. The number of nitrogens with zero attached hydrogens (tertiary/aromatic N) is 1. The summed E-state index contributed by atoms with van der Waals surface area (Å²) in [5, 5.41) is 3.10. The Hall–Kier alpha value is -1.10. The average molecular weight is 269 g/mol. The molecule has 0 fully saturated rings. The summed E-state index contributed by atoms with van der Waals surface area (Å²) in [7, 11) is 1.93. The third-order valence-electron chi connectivity index (χ3n) is 2.21. The van der Waals surface area contributed by atoms with Crippen molar-refractivity contribution in [3.8, 4) is 5.75 Å². The lowest BCUT2D eigenvalue weighted by molar-refractivity contribution is 0.309. The quantitative estimate of drug-likeness (QED) is 0.905. The van der Waals surface area contributed by atoms with Gasteiger partial charge in [0.2, 0.25) is 0 Å². The fraction of sp³-hybridized carbons (Fsp3) is 0.250. The first kappa shape index (κ1) is 12.4. The summed E-state index contributed by atoms with van der Waals surface area (Å²) in [5.74, 6) is 0.856. The Labute approximate surface area is 109 Å². The molecule has 0 aliphatic rings. The molecular formula is C12H13ClN2OS. The molecule has 0 unspecified atom stereocenters. The molecule has 0 amide bonds. The van der Waals surface area contributed by atoms with Gasteiger partial charge in [-0.1, -0.05) is 23.7 Å². The summed E-state index contributed by atoms with van der Waals surface area (Å²) < 4.78 is 6.18. The average Bonchev–Trinajstić information content (AvgIpc) is 2.75. The first-order valence-electron chi connectivity index (χ1n) is 5.24. The minimum atomic E-state index is 0.510. The van der Waals surface area contributed by atoms with Gasteiger partial charge in [-0.15, -0.1) is 11.3 Å². The molecule has 0 spiro atoms. The van der Waals surface area contributed by atoms with Crippen molar-refractivity contribution in [3.63, 3.8) is 0 Å². The van der Waals surface area contributed by atoms with E-state index in [9.17, 15) is 0 Å². The van der Waals surface area contributed by atoms with Crippen LogP contribution in [-0.2, 0) is 13.2 Å². The monoisotopic (exact) mass is 268 g/mol. The van der Waals surface area contributed by atoms with Gasteiger partial charge in [0.15, 0.2) is 4.47 Å². The van der Waals surface area contributed by atoms with Crippen LogP contribution in [0.15, 0.2) is 30.5 Å². The maximum Gasteiger partial charge on any atom is 0.183 e. The van der Waals surface area contributed by atoms with Gasteiger partial charge < -0.3 is 10.1 Å². The van der Waals surface area contributed by atoms with Crippen LogP contribution in [0.1, 0.15) is 10.4 Å². The summed E-state index contributed by atoms with van der Waals surface area (Å²) in [6.07, 6.45) is 1.74. The molecule has 0 radical (unpaired) electrons. The van der Waals surface area contributed by atoms with E-state index < -0.39 is 0 Å². The number of hydrogen-bond donors (Lipinski definition) is 1. The van der Waals surface area contributed by atoms with Gasteiger partial charge in [0.05, 0.1) is 4.88 Å². The van der Waals surface area contributed by atoms with Crippen molar-refractivity contribution in [3.05, 3.63) is 45.4 Å². The van der Waals surface area contributed by atoms with E-state index in [1.165, 1.54) is 16.9 Å². The van der Waals surface area contributed by atoms with E-state index in [0.29, 0.717) is 11.1 Å². The zero-order valence-electron chi connectivity index (χ0n) is 9.44. The van der Waals surface area contributed by atoms with Crippen LogP contribution >= 0.6 is 22.9 Å².